The van der Waals surface area contributed by atoms with E-state index in [1.54, 1.807) is 4.40 Å². The third-order valence-electron chi connectivity index (χ3n) is 6.37. The molecule has 1 atom stereocenters. The molecule has 1 aliphatic rings. The van der Waals surface area contributed by atoms with Crippen LogP contribution in [0.4, 0.5) is 17.1 Å². The maximum atomic E-state index is 3.86. The Balaban J connectivity index is 1.95. The van der Waals surface area contributed by atoms with Crippen LogP contribution in [0.1, 0.15) is 62.4 Å². The summed E-state index contributed by atoms with van der Waals surface area (Å²) < 4.78 is 1.55. The first kappa shape index (κ1) is 22.0. The number of nitrogens with zero attached hydrogens (tertiary/aromatic N) is 1. The molecule has 3 heteroatoms. The molecule has 31 heavy (non-hydrogen) atoms. The fourth-order valence-electron chi connectivity index (χ4n) is 4.60. The molecule has 0 fully saturated rings. The van der Waals surface area contributed by atoms with Crippen LogP contribution in [0, 0.1) is 0 Å². The van der Waals surface area contributed by atoms with Crippen molar-refractivity contribution in [2.75, 3.05) is 10.2 Å². The average molecular weight is 473 g/mol. The van der Waals surface area contributed by atoms with Gasteiger partial charge in [0.25, 0.3) is 0 Å². The number of rotatable bonds is 5. The van der Waals surface area contributed by atoms with Gasteiger partial charge in [-0.1, -0.05) is 0 Å². The second-order valence-electron chi connectivity index (χ2n) is 10.4. The van der Waals surface area contributed by atoms with Crippen LogP contribution in [-0.4, -0.2) is 13.3 Å². The molecule has 162 valence electrons. The van der Waals surface area contributed by atoms with E-state index in [1.165, 1.54) is 33.8 Å². The third kappa shape index (κ3) is 4.15. The van der Waals surface area contributed by atoms with Gasteiger partial charge in [-0.15, -0.1) is 0 Å². The molecule has 0 saturated carbocycles. The van der Waals surface area contributed by atoms with Crippen LogP contribution in [0.2, 0.25) is 17.3 Å². The van der Waals surface area contributed by atoms with Crippen molar-refractivity contribution in [1.29, 1.82) is 0 Å². The normalized spacial score (nSPS) is 16.0. The molecule has 4 rings (SSSR count). The number of fused-ring (bicyclic) bond motifs is 1. The Morgan fingerprint density at radius 3 is 2.00 bits per heavy atom. The minimum absolute atomic E-state index is 0.0968. The number of hydrogen-bond donors (Lipinski definition) is 1. The summed E-state index contributed by atoms with van der Waals surface area (Å²) in [5, 5.41) is 3.86. The summed E-state index contributed by atoms with van der Waals surface area (Å²) in [7, 11) is 0. The van der Waals surface area contributed by atoms with E-state index in [4.69, 9.17) is 0 Å². The number of benzene rings is 3. The van der Waals surface area contributed by atoms with Gasteiger partial charge in [-0.3, -0.25) is 0 Å². The third-order valence-corrected chi connectivity index (χ3v) is 10.7. The summed E-state index contributed by atoms with van der Waals surface area (Å²) in [6, 6.07) is 24.9. The zero-order valence-corrected chi connectivity index (χ0v) is 22.1. The predicted octanol–water partition coefficient (Wildman–Crippen LogP) is 7.74. The quantitative estimate of drug-likeness (QED) is 0.382. The number of para-hydroxylation sites is 3. The van der Waals surface area contributed by atoms with Crippen LogP contribution in [0.25, 0.3) is 0 Å². The molecule has 0 aromatic heterocycles. The molecule has 0 bridgehead atoms. The van der Waals surface area contributed by atoms with Crippen molar-refractivity contribution in [3.8, 4) is 0 Å². The summed E-state index contributed by atoms with van der Waals surface area (Å²) in [4.78, 5) is 2.56. The molecule has 0 aliphatic carbocycles. The van der Waals surface area contributed by atoms with Crippen molar-refractivity contribution in [3.63, 3.8) is 0 Å². The van der Waals surface area contributed by atoms with Gasteiger partial charge in [0, 0.05) is 0 Å². The van der Waals surface area contributed by atoms with Crippen LogP contribution < -0.4 is 14.6 Å². The van der Waals surface area contributed by atoms with E-state index in [0.717, 1.165) is 0 Å². The SMILES string of the molecule is CC(C)c1cccc(C(C)C)c1N1c2ccccc2NC1c1ccc[c]([Ge]([CH3])([CH3])[CH3])c1. The van der Waals surface area contributed by atoms with Crippen molar-refractivity contribution in [2.45, 2.75) is 63.0 Å². The van der Waals surface area contributed by atoms with Gasteiger partial charge in [0.15, 0.2) is 0 Å². The van der Waals surface area contributed by atoms with E-state index in [2.05, 4.69) is 122 Å². The van der Waals surface area contributed by atoms with Crippen molar-refractivity contribution in [3.05, 3.63) is 83.4 Å². The molecule has 0 spiro atoms. The second kappa shape index (κ2) is 8.39. The summed E-state index contributed by atoms with van der Waals surface area (Å²) in [5.74, 6) is 8.33. The van der Waals surface area contributed by atoms with Gasteiger partial charge in [-0.2, -0.15) is 0 Å². The van der Waals surface area contributed by atoms with E-state index < -0.39 is 13.3 Å². The average Bonchev–Trinajstić information content (AvgIpc) is 3.12. The van der Waals surface area contributed by atoms with Crippen LogP contribution in [0.3, 0.4) is 0 Å². The first-order chi connectivity index (χ1) is 14.7. The molecule has 2 nitrogen and oxygen atoms in total. The van der Waals surface area contributed by atoms with Crippen molar-refractivity contribution >= 4 is 34.7 Å². The molecule has 0 amide bonds. The van der Waals surface area contributed by atoms with Crippen molar-refractivity contribution < 1.29 is 0 Å². The Kier molecular flexibility index (Phi) is 5.95. The Hall–Kier alpha value is -2.20. The van der Waals surface area contributed by atoms with Gasteiger partial charge in [0.1, 0.15) is 0 Å². The minimum atomic E-state index is -1.93. The van der Waals surface area contributed by atoms with Crippen LogP contribution in [0.15, 0.2) is 66.7 Å². The molecule has 0 radical (unpaired) electrons. The number of nitrogens with one attached hydrogen (secondary N) is 1. The van der Waals surface area contributed by atoms with Gasteiger partial charge in [0.2, 0.25) is 0 Å². The number of anilines is 3. The van der Waals surface area contributed by atoms with E-state index >= 15 is 0 Å². The molecule has 1 aliphatic heterocycles. The molecule has 3 aromatic carbocycles. The summed E-state index contributed by atoms with van der Waals surface area (Å²) in [6.45, 7) is 9.23. The van der Waals surface area contributed by atoms with E-state index in [1.807, 2.05) is 0 Å². The Morgan fingerprint density at radius 2 is 1.39 bits per heavy atom. The van der Waals surface area contributed by atoms with Crippen molar-refractivity contribution in [2.24, 2.45) is 0 Å². The van der Waals surface area contributed by atoms with Gasteiger partial charge in [-0.05, 0) is 0 Å². The Labute approximate surface area is 191 Å². The van der Waals surface area contributed by atoms with E-state index in [9.17, 15) is 0 Å². The van der Waals surface area contributed by atoms with Gasteiger partial charge >= 0.3 is 191 Å². The second-order valence-corrected chi connectivity index (χ2v) is 21.1. The Bertz CT molecular complexity index is 1050. The van der Waals surface area contributed by atoms with Gasteiger partial charge < -0.3 is 0 Å². The summed E-state index contributed by atoms with van der Waals surface area (Å²) >= 11 is -1.93. The zero-order chi connectivity index (χ0) is 22.3. The molecule has 1 N–H and O–H groups in total. The molecular formula is C28H36GeN2. The maximum absolute atomic E-state index is 3.86. The summed E-state index contributed by atoms with van der Waals surface area (Å²) in [5.41, 5.74) is 8.03. The molecule has 3 aromatic rings. The van der Waals surface area contributed by atoms with E-state index in [0.29, 0.717) is 11.8 Å². The van der Waals surface area contributed by atoms with Crippen LogP contribution in [0.5, 0.6) is 0 Å². The van der Waals surface area contributed by atoms with Gasteiger partial charge in [-0.25, -0.2) is 0 Å². The predicted molar refractivity (Wildman–Crippen MR) is 139 cm³/mol. The zero-order valence-electron chi connectivity index (χ0n) is 20.0. The standard InChI is InChI=1S/C28H36GeN2/c1-19(2)23-14-11-15-24(20(3)4)27(23)31-26-17-9-8-16-25(26)30-28(31)21-12-10-13-22(18-21)29(5,6)7/h8-20,28,30H,1-7H3. The van der Waals surface area contributed by atoms with Gasteiger partial charge in [0.05, 0.1) is 0 Å². The topological polar surface area (TPSA) is 15.3 Å². The monoisotopic (exact) mass is 474 g/mol. The van der Waals surface area contributed by atoms with Crippen molar-refractivity contribution in [1.82, 2.24) is 0 Å². The molecule has 1 unspecified atom stereocenters. The first-order valence-corrected chi connectivity index (χ1v) is 18.9. The molecule has 0 saturated heterocycles. The van der Waals surface area contributed by atoms with Crippen LogP contribution >= 0.6 is 0 Å². The molecule has 1 heterocycles. The summed E-state index contributed by atoms with van der Waals surface area (Å²) in [6.07, 6.45) is 0.0968. The number of hydrogen-bond acceptors (Lipinski definition) is 2. The fourth-order valence-corrected chi connectivity index (χ4v) is 7.11. The van der Waals surface area contributed by atoms with Crippen LogP contribution in [-0.2, 0) is 0 Å². The Morgan fingerprint density at radius 1 is 0.774 bits per heavy atom. The first-order valence-electron chi connectivity index (χ1n) is 11.6. The molecular weight excluding hydrogens is 437 g/mol. The fraction of sp³-hybridized carbons (Fsp3) is 0.357. The van der Waals surface area contributed by atoms with E-state index in [-0.39, 0.29) is 6.17 Å².